The lowest BCUT2D eigenvalue weighted by Gasteiger charge is -2.43. The van der Waals surface area contributed by atoms with Crippen molar-refractivity contribution in [3.63, 3.8) is 0 Å². The maximum atomic E-state index is 12.9. The molecular formula is C28H33BrO2SSi. The second kappa shape index (κ2) is 12.1. The number of rotatable bonds is 10. The molecule has 0 radical (unpaired) electrons. The van der Waals surface area contributed by atoms with Crippen molar-refractivity contribution in [3.8, 4) is 0 Å². The third-order valence-corrected chi connectivity index (χ3v) is 13.3. The summed E-state index contributed by atoms with van der Waals surface area (Å²) < 4.78 is 19.8. The van der Waals surface area contributed by atoms with Crippen LogP contribution in [0.1, 0.15) is 33.6 Å². The first-order valence-corrected chi connectivity index (χ1v) is 15.5. The van der Waals surface area contributed by atoms with Crippen molar-refractivity contribution in [2.75, 3.05) is 11.9 Å². The lowest BCUT2D eigenvalue weighted by atomic mass is 10.2. The van der Waals surface area contributed by atoms with Gasteiger partial charge >= 0.3 is 0 Å². The van der Waals surface area contributed by atoms with Crippen LogP contribution in [0.3, 0.4) is 0 Å². The number of alkyl halides is 1. The molecule has 0 saturated carbocycles. The van der Waals surface area contributed by atoms with Crippen molar-refractivity contribution >= 4 is 45.4 Å². The Kier molecular flexibility index (Phi) is 9.44. The van der Waals surface area contributed by atoms with Crippen LogP contribution in [0.5, 0.6) is 0 Å². The van der Waals surface area contributed by atoms with Gasteiger partial charge in [-0.05, 0) is 40.4 Å². The molecule has 5 heteroatoms. The summed E-state index contributed by atoms with van der Waals surface area (Å²) in [5.41, 5.74) is 0. The Bertz CT molecular complexity index is 1010. The summed E-state index contributed by atoms with van der Waals surface area (Å²) in [6, 6.07) is 31.1. The maximum Gasteiger partial charge on any atom is 0.261 e. The molecule has 0 fully saturated rings. The van der Waals surface area contributed by atoms with E-state index in [9.17, 15) is 4.21 Å². The maximum absolute atomic E-state index is 12.9. The van der Waals surface area contributed by atoms with Gasteiger partial charge in [0, 0.05) is 21.7 Å². The fraction of sp³-hybridized carbons (Fsp3) is 0.286. The van der Waals surface area contributed by atoms with Gasteiger partial charge in [0.1, 0.15) is 0 Å². The van der Waals surface area contributed by atoms with Crippen LogP contribution in [-0.2, 0) is 15.2 Å². The normalized spacial score (nSPS) is 13.6. The molecule has 2 nitrogen and oxygen atoms in total. The molecule has 0 amide bonds. The Morgan fingerprint density at radius 3 is 1.82 bits per heavy atom. The summed E-state index contributed by atoms with van der Waals surface area (Å²) in [6.07, 6.45) is 3.82. The van der Waals surface area contributed by atoms with Gasteiger partial charge in [0.15, 0.2) is 0 Å². The van der Waals surface area contributed by atoms with Crippen LogP contribution in [0.2, 0.25) is 5.04 Å². The molecular weight excluding hydrogens is 508 g/mol. The molecule has 0 aliphatic carbocycles. The van der Waals surface area contributed by atoms with E-state index in [1.165, 1.54) is 10.4 Å². The van der Waals surface area contributed by atoms with Gasteiger partial charge in [-0.25, -0.2) is 4.21 Å². The van der Waals surface area contributed by atoms with E-state index in [-0.39, 0.29) is 5.04 Å². The van der Waals surface area contributed by atoms with E-state index in [2.05, 4.69) is 103 Å². The summed E-state index contributed by atoms with van der Waals surface area (Å²) in [6.45, 7) is 7.55. The van der Waals surface area contributed by atoms with E-state index in [1.54, 1.807) is 0 Å². The highest BCUT2D eigenvalue weighted by Crippen LogP contribution is 2.36. The van der Waals surface area contributed by atoms with Gasteiger partial charge in [0.05, 0.1) is 10.8 Å². The average Bonchev–Trinajstić information content (AvgIpc) is 2.84. The number of hydrogen-bond acceptors (Lipinski definition) is 2. The van der Waals surface area contributed by atoms with Gasteiger partial charge in [0.2, 0.25) is 0 Å². The van der Waals surface area contributed by atoms with Crippen LogP contribution in [0.15, 0.2) is 107 Å². The van der Waals surface area contributed by atoms with Gasteiger partial charge in [0.25, 0.3) is 8.32 Å². The van der Waals surface area contributed by atoms with Crippen molar-refractivity contribution in [3.05, 3.63) is 102 Å². The van der Waals surface area contributed by atoms with Gasteiger partial charge in [-0.1, -0.05) is 122 Å². The zero-order valence-corrected chi connectivity index (χ0v) is 23.1. The minimum atomic E-state index is -2.50. The fourth-order valence-corrected chi connectivity index (χ4v) is 10.7. The van der Waals surface area contributed by atoms with E-state index in [1.807, 2.05) is 30.3 Å². The molecule has 3 rings (SSSR count). The summed E-state index contributed by atoms with van der Waals surface area (Å²) in [5.74, 6) is 0. The standard InChI is InChI=1S/C28H33BrO2SSi/c1-28(2,3)33(26-18-9-5-10-19-26,27-20-11-6-12-21-27)31-22-14-13-17-25(23-29)32(30)24-15-7-4-8-16-24/h4-12,15-21H,13-14,22-23H2,1-3H3/b25-17+. The van der Waals surface area contributed by atoms with Crippen LogP contribution in [0.4, 0.5) is 0 Å². The van der Waals surface area contributed by atoms with Gasteiger partial charge < -0.3 is 4.43 Å². The highest BCUT2D eigenvalue weighted by atomic mass is 79.9. The molecule has 1 unspecified atom stereocenters. The van der Waals surface area contributed by atoms with Crippen LogP contribution in [0, 0.1) is 0 Å². The summed E-state index contributed by atoms with van der Waals surface area (Å²) in [5, 5.41) is 3.17. The third kappa shape index (κ3) is 6.21. The minimum Gasteiger partial charge on any atom is -0.407 e. The van der Waals surface area contributed by atoms with E-state index >= 15 is 0 Å². The molecule has 0 aliphatic heterocycles. The highest BCUT2D eigenvalue weighted by Gasteiger charge is 2.49. The fourth-order valence-electron chi connectivity index (χ4n) is 4.21. The third-order valence-electron chi connectivity index (χ3n) is 5.78. The molecule has 1 atom stereocenters. The molecule has 0 bridgehead atoms. The van der Waals surface area contributed by atoms with Crippen molar-refractivity contribution in [1.29, 1.82) is 0 Å². The first-order valence-electron chi connectivity index (χ1n) is 11.4. The quantitative estimate of drug-likeness (QED) is 0.168. The Hall–Kier alpha value is -1.79. The molecule has 0 saturated heterocycles. The summed E-state index contributed by atoms with van der Waals surface area (Å²) in [7, 11) is -3.63. The molecule has 3 aromatic carbocycles. The van der Waals surface area contributed by atoms with Crippen LogP contribution in [0.25, 0.3) is 0 Å². The predicted octanol–water partition coefficient (Wildman–Crippen LogP) is 6.43. The lowest BCUT2D eigenvalue weighted by Crippen LogP contribution is -2.66. The molecule has 0 aromatic heterocycles. The molecule has 33 heavy (non-hydrogen) atoms. The summed E-state index contributed by atoms with van der Waals surface area (Å²) >= 11 is 3.52. The zero-order chi connectivity index (χ0) is 23.7. The Morgan fingerprint density at radius 1 is 0.879 bits per heavy atom. The monoisotopic (exact) mass is 540 g/mol. The van der Waals surface area contributed by atoms with Crippen molar-refractivity contribution in [2.24, 2.45) is 0 Å². The van der Waals surface area contributed by atoms with E-state index < -0.39 is 19.1 Å². The first kappa shape index (κ1) is 25.8. The SMILES string of the molecule is CC(C)(C)[Si](OCCC/C=C(\CBr)S(=O)c1ccccc1)(c1ccccc1)c1ccccc1. The average molecular weight is 542 g/mol. The minimum absolute atomic E-state index is 0.0264. The highest BCUT2D eigenvalue weighted by molar-refractivity contribution is 9.09. The topological polar surface area (TPSA) is 26.3 Å². The van der Waals surface area contributed by atoms with E-state index in [0.717, 1.165) is 22.6 Å². The van der Waals surface area contributed by atoms with Gasteiger partial charge in [-0.3, -0.25) is 0 Å². The van der Waals surface area contributed by atoms with Crippen LogP contribution < -0.4 is 10.4 Å². The lowest BCUT2D eigenvalue weighted by molar-refractivity contribution is 0.293. The largest absolute Gasteiger partial charge is 0.407 e. The molecule has 0 spiro atoms. The number of benzene rings is 3. The second-order valence-corrected chi connectivity index (χ2v) is 15.4. The Balaban J connectivity index is 1.78. The predicted molar refractivity (Wildman–Crippen MR) is 148 cm³/mol. The zero-order valence-electron chi connectivity index (χ0n) is 19.7. The number of halogens is 1. The Labute approximate surface area is 210 Å². The Morgan fingerprint density at radius 2 is 1.36 bits per heavy atom. The van der Waals surface area contributed by atoms with Crippen LogP contribution in [-0.4, -0.2) is 24.5 Å². The van der Waals surface area contributed by atoms with Crippen molar-refractivity contribution < 1.29 is 8.63 Å². The number of allylic oxidation sites excluding steroid dienone is 2. The second-order valence-electron chi connectivity index (χ2n) is 9.04. The molecule has 3 aromatic rings. The van der Waals surface area contributed by atoms with E-state index in [4.69, 9.17) is 4.43 Å². The van der Waals surface area contributed by atoms with Crippen molar-refractivity contribution in [1.82, 2.24) is 0 Å². The first-order chi connectivity index (χ1) is 15.9. The van der Waals surface area contributed by atoms with Gasteiger partial charge in [-0.2, -0.15) is 0 Å². The number of unbranched alkanes of at least 4 members (excludes halogenated alkanes) is 1. The molecule has 0 N–H and O–H groups in total. The van der Waals surface area contributed by atoms with E-state index in [0.29, 0.717) is 11.9 Å². The molecule has 0 aliphatic rings. The molecule has 174 valence electrons. The molecule has 0 heterocycles. The number of hydrogen-bond donors (Lipinski definition) is 0. The smallest absolute Gasteiger partial charge is 0.261 e. The summed E-state index contributed by atoms with van der Waals surface area (Å²) in [4.78, 5) is 1.75. The van der Waals surface area contributed by atoms with Crippen LogP contribution >= 0.6 is 15.9 Å². The van der Waals surface area contributed by atoms with Gasteiger partial charge in [-0.15, -0.1) is 0 Å². The van der Waals surface area contributed by atoms with Crippen molar-refractivity contribution in [2.45, 2.75) is 43.5 Å².